The Balaban J connectivity index is 1.84. The van der Waals surface area contributed by atoms with E-state index in [-0.39, 0.29) is 6.09 Å². The molecule has 0 aromatic heterocycles. The summed E-state index contributed by atoms with van der Waals surface area (Å²) in [5.74, 6) is 0. The predicted molar refractivity (Wildman–Crippen MR) is 98.8 cm³/mol. The van der Waals surface area contributed by atoms with Gasteiger partial charge in [0.2, 0.25) is 0 Å². The second-order valence-corrected chi connectivity index (χ2v) is 7.15. The fourth-order valence-electron chi connectivity index (χ4n) is 3.01. The van der Waals surface area contributed by atoms with Crippen molar-refractivity contribution >= 4 is 28.1 Å². The number of carbonyl (C=O) groups excluding carboxylic acids is 1. The van der Waals surface area contributed by atoms with Crippen molar-refractivity contribution < 1.29 is 9.53 Å². The van der Waals surface area contributed by atoms with E-state index in [2.05, 4.69) is 18.2 Å². The second kappa shape index (κ2) is 6.19. The van der Waals surface area contributed by atoms with Crippen LogP contribution in [0.1, 0.15) is 32.8 Å². The summed E-state index contributed by atoms with van der Waals surface area (Å²) in [6, 6.07) is 12.2. The molecule has 1 aliphatic heterocycles. The summed E-state index contributed by atoms with van der Waals surface area (Å²) in [5.41, 5.74) is 8.87. The van der Waals surface area contributed by atoms with Crippen LogP contribution in [0.3, 0.4) is 0 Å². The van der Waals surface area contributed by atoms with Gasteiger partial charge < -0.3 is 15.4 Å². The molecule has 1 amide bonds. The third kappa shape index (κ3) is 3.37. The van der Waals surface area contributed by atoms with Gasteiger partial charge >= 0.3 is 6.09 Å². The van der Waals surface area contributed by atoms with Gasteiger partial charge in [-0.15, -0.1) is 0 Å². The van der Waals surface area contributed by atoms with Crippen LogP contribution in [-0.2, 0) is 4.74 Å². The topological polar surface area (TPSA) is 55.6 Å². The van der Waals surface area contributed by atoms with Crippen molar-refractivity contribution in [3.05, 3.63) is 48.0 Å². The monoisotopic (exact) mass is 324 g/mol. The summed E-state index contributed by atoms with van der Waals surface area (Å²) in [5, 5.41) is 2.24. The minimum Gasteiger partial charge on any atom is -0.444 e. The maximum absolute atomic E-state index is 12.2. The minimum absolute atomic E-state index is 0.250. The van der Waals surface area contributed by atoms with Crippen LogP contribution in [0.2, 0.25) is 0 Å². The van der Waals surface area contributed by atoms with Crippen molar-refractivity contribution in [1.29, 1.82) is 0 Å². The number of amides is 1. The molecule has 0 fully saturated rings. The number of anilines is 1. The molecule has 1 heterocycles. The highest BCUT2D eigenvalue weighted by atomic mass is 16.6. The van der Waals surface area contributed by atoms with Crippen LogP contribution in [0.25, 0.3) is 16.3 Å². The Bertz CT molecular complexity index is 803. The van der Waals surface area contributed by atoms with Crippen molar-refractivity contribution in [3.63, 3.8) is 0 Å². The minimum atomic E-state index is -0.464. The van der Waals surface area contributed by atoms with Crippen LogP contribution < -0.4 is 5.73 Å². The number of hydrogen-bond donors (Lipinski definition) is 1. The number of nitrogens with two attached hydrogens (primary N) is 1. The molecule has 3 rings (SSSR count). The highest BCUT2D eigenvalue weighted by Gasteiger charge is 2.24. The smallest absolute Gasteiger partial charge is 0.410 e. The van der Waals surface area contributed by atoms with Gasteiger partial charge in [0.15, 0.2) is 0 Å². The van der Waals surface area contributed by atoms with Crippen LogP contribution in [0.5, 0.6) is 0 Å². The summed E-state index contributed by atoms with van der Waals surface area (Å²) in [6.07, 6.45) is 2.68. The summed E-state index contributed by atoms with van der Waals surface area (Å²) in [6.45, 7) is 6.90. The first kappa shape index (κ1) is 16.4. The zero-order chi connectivity index (χ0) is 17.3. The molecule has 4 heteroatoms. The molecule has 0 atom stereocenters. The van der Waals surface area contributed by atoms with E-state index < -0.39 is 5.60 Å². The fraction of sp³-hybridized carbons (Fsp3) is 0.350. The van der Waals surface area contributed by atoms with E-state index in [1.165, 1.54) is 11.1 Å². The van der Waals surface area contributed by atoms with E-state index in [1.807, 2.05) is 45.0 Å². The molecule has 0 radical (unpaired) electrons. The van der Waals surface area contributed by atoms with E-state index in [0.29, 0.717) is 13.1 Å². The highest BCUT2D eigenvalue weighted by Crippen LogP contribution is 2.32. The standard InChI is InChI=1S/C20H24N2O2/c1-20(2,3)24-19(23)22-12-10-14(11-13-22)15-8-9-18(21)17-7-5-4-6-16(15)17/h4-10H,11-13,21H2,1-3H3. The van der Waals surface area contributed by atoms with Crippen LogP contribution in [-0.4, -0.2) is 29.7 Å². The summed E-state index contributed by atoms with van der Waals surface area (Å²) in [4.78, 5) is 13.9. The lowest BCUT2D eigenvalue weighted by Gasteiger charge is -2.30. The molecular formula is C20H24N2O2. The van der Waals surface area contributed by atoms with Crippen molar-refractivity contribution in [3.8, 4) is 0 Å². The van der Waals surface area contributed by atoms with Crippen LogP contribution in [0.4, 0.5) is 10.5 Å². The van der Waals surface area contributed by atoms with Gasteiger partial charge in [0.05, 0.1) is 0 Å². The number of nitrogens with zero attached hydrogens (tertiary/aromatic N) is 1. The summed E-state index contributed by atoms with van der Waals surface area (Å²) in [7, 11) is 0. The lowest BCUT2D eigenvalue weighted by Crippen LogP contribution is -2.39. The Morgan fingerprint density at radius 2 is 1.83 bits per heavy atom. The first-order valence-corrected chi connectivity index (χ1v) is 8.30. The van der Waals surface area contributed by atoms with Gasteiger partial charge in [-0.2, -0.15) is 0 Å². The summed E-state index contributed by atoms with van der Waals surface area (Å²) >= 11 is 0. The van der Waals surface area contributed by atoms with Gasteiger partial charge in [0, 0.05) is 24.2 Å². The molecule has 2 aromatic carbocycles. The Kier molecular flexibility index (Phi) is 4.22. The highest BCUT2D eigenvalue weighted by molar-refractivity contribution is 6.00. The SMILES string of the molecule is CC(C)(C)OC(=O)N1CC=C(c2ccc(N)c3ccccc23)CC1. The molecule has 2 N–H and O–H groups in total. The van der Waals surface area contributed by atoms with Crippen molar-refractivity contribution in [2.75, 3.05) is 18.8 Å². The van der Waals surface area contributed by atoms with Crippen LogP contribution in [0.15, 0.2) is 42.5 Å². The molecule has 0 spiro atoms. The molecule has 0 saturated heterocycles. The first-order chi connectivity index (χ1) is 11.3. The number of hydrogen-bond acceptors (Lipinski definition) is 3. The molecule has 0 saturated carbocycles. The number of ether oxygens (including phenoxy) is 1. The Morgan fingerprint density at radius 3 is 2.46 bits per heavy atom. The molecule has 4 nitrogen and oxygen atoms in total. The lowest BCUT2D eigenvalue weighted by molar-refractivity contribution is 0.0270. The summed E-state index contributed by atoms with van der Waals surface area (Å²) < 4.78 is 5.45. The number of carbonyl (C=O) groups is 1. The molecule has 126 valence electrons. The number of rotatable bonds is 1. The Labute approximate surface area is 142 Å². The molecule has 0 unspecified atom stereocenters. The van der Waals surface area contributed by atoms with Gasteiger partial charge in [-0.1, -0.05) is 36.4 Å². The van der Waals surface area contributed by atoms with E-state index in [9.17, 15) is 4.79 Å². The Hall–Kier alpha value is -2.49. The number of benzene rings is 2. The third-order valence-electron chi connectivity index (χ3n) is 4.16. The molecule has 1 aliphatic rings. The molecule has 24 heavy (non-hydrogen) atoms. The average molecular weight is 324 g/mol. The van der Waals surface area contributed by atoms with Gasteiger partial charge in [-0.25, -0.2) is 4.79 Å². The third-order valence-corrected chi connectivity index (χ3v) is 4.16. The molecule has 0 aliphatic carbocycles. The van der Waals surface area contributed by atoms with E-state index in [0.717, 1.165) is 22.9 Å². The molecular weight excluding hydrogens is 300 g/mol. The van der Waals surface area contributed by atoms with E-state index in [1.54, 1.807) is 4.90 Å². The zero-order valence-corrected chi connectivity index (χ0v) is 14.5. The zero-order valence-electron chi connectivity index (χ0n) is 14.5. The van der Waals surface area contributed by atoms with Gasteiger partial charge in [-0.3, -0.25) is 0 Å². The van der Waals surface area contributed by atoms with Gasteiger partial charge in [0.25, 0.3) is 0 Å². The van der Waals surface area contributed by atoms with Crippen LogP contribution in [0, 0.1) is 0 Å². The maximum Gasteiger partial charge on any atom is 0.410 e. The quantitative estimate of drug-likeness (QED) is 0.789. The Morgan fingerprint density at radius 1 is 1.12 bits per heavy atom. The van der Waals surface area contributed by atoms with Crippen molar-refractivity contribution in [2.24, 2.45) is 0 Å². The van der Waals surface area contributed by atoms with Gasteiger partial charge in [-0.05, 0) is 49.8 Å². The fourth-order valence-corrected chi connectivity index (χ4v) is 3.01. The number of nitrogen functional groups attached to an aromatic ring is 1. The predicted octanol–water partition coefficient (Wildman–Crippen LogP) is 4.45. The van der Waals surface area contributed by atoms with Gasteiger partial charge in [0.1, 0.15) is 5.60 Å². The van der Waals surface area contributed by atoms with Crippen LogP contribution >= 0.6 is 0 Å². The molecule has 2 aromatic rings. The molecule has 0 bridgehead atoms. The largest absolute Gasteiger partial charge is 0.444 e. The van der Waals surface area contributed by atoms with E-state index >= 15 is 0 Å². The average Bonchev–Trinajstić information content (AvgIpc) is 2.54. The van der Waals surface area contributed by atoms with E-state index in [4.69, 9.17) is 10.5 Å². The maximum atomic E-state index is 12.2. The number of fused-ring (bicyclic) bond motifs is 1. The van der Waals surface area contributed by atoms with Crippen molar-refractivity contribution in [1.82, 2.24) is 4.90 Å². The lowest BCUT2D eigenvalue weighted by atomic mass is 9.93. The van der Waals surface area contributed by atoms with Crippen molar-refractivity contribution in [2.45, 2.75) is 32.8 Å². The normalized spacial score (nSPS) is 15.3. The first-order valence-electron chi connectivity index (χ1n) is 8.30. The second-order valence-electron chi connectivity index (χ2n) is 7.15.